The van der Waals surface area contributed by atoms with Crippen molar-refractivity contribution in [2.75, 3.05) is 6.61 Å². The third-order valence-electron chi connectivity index (χ3n) is 2.00. The molecule has 1 rings (SSSR count). The van der Waals surface area contributed by atoms with E-state index in [9.17, 15) is 4.39 Å². The summed E-state index contributed by atoms with van der Waals surface area (Å²) in [4.78, 5) is 0. The summed E-state index contributed by atoms with van der Waals surface area (Å²) >= 11 is 3.25. The van der Waals surface area contributed by atoms with Crippen LogP contribution in [0.15, 0.2) is 16.6 Å². The summed E-state index contributed by atoms with van der Waals surface area (Å²) in [5.74, 6) is -0.213. The third kappa shape index (κ3) is 3.30. The largest absolute Gasteiger partial charge is 0.481 e. The summed E-state index contributed by atoms with van der Waals surface area (Å²) in [6, 6.07) is 3.15. The van der Waals surface area contributed by atoms with Gasteiger partial charge in [0.1, 0.15) is 5.82 Å². The molecular weight excluding hydrogens is 261 g/mol. The molecule has 0 spiro atoms. The number of nitrogens with one attached hydrogen (secondary N) is 1. The lowest BCUT2D eigenvalue weighted by Crippen LogP contribution is -2.08. The second kappa shape index (κ2) is 5.26. The number of halogens is 2. The molecule has 1 aromatic carbocycles. The minimum absolute atomic E-state index is 0.0955. The van der Waals surface area contributed by atoms with Gasteiger partial charge in [-0.25, -0.2) is 4.39 Å². The smallest absolute Gasteiger partial charge is 0.184 e. The highest BCUT2D eigenvalue weighted by atomic mass is 79.9. The van der Waals surface area contributed by atoms with E-state index >= 15 is 0 Å². The number of ether oxygens (including phenoxy) is 1. The summed E-state index contributed by atoms with van der Waals surface area (Å²) in [5, 5.41) is 7.45. The normalized spacial score (nSPS) is 10.1. The van der Waals surface area contributed by atoms with Gasteiger partial charge in [0.05, 0.1) is 13.0 Å². The summed E-state index contributed by atoms with van der Waals surface area (Å²) in [7, 11) is 0. The first-order valence-corrected chi connectivity index (χ1v) is 5.48. The van der Waals surface area contributed by atoms with Gasteiger partial charge in [-0.05, 0) is 31.0 Å². The van der Waals surface area contributed by atoms with E-state index in [0.717, 1.165) is 10.0 Å². The first kappa shape index (κ1) is 12.2. The van der Waals surface area contributed by atoms with Crippen LogP contribution in [0.4, 0.5) is 4.39 Å². The van der Waals surface area contributed by atoms with Gasteiger partial charge in [0, 0.05) is 4.47 Å². The molecular formula is C11H13BrFNO. The van der Waals surface area contributed by atoms with Crippen LogP contribution in [0.1, 0.15) is 18.1 Å². The second-order valence-corrected chi connectivity index (χ2v) is 4.08. The monoisotopic (exact) mass is 273 g/mol. The molecule has 1 aromatic rings. The minimum atomic E-state index is -0.308. The third-order valence-corrected chi connectivity index (χ3v) is 2.85. The molecule has 0 radical (unpaired) electrons. The Hall–Kier alpha value is -0.900. The van der Waals surface area contributed by atoms with Crippen LogP contribution < -0.4 is 0 Å². The quantitative estimate of drug-likeness (QED) is 0.664. The number of rotatable bonds is 3. The van der Waals surface area contributed by atoms with E-state index in [1.54, 1.807) is 13.0 Å². The Morgan fingerprint density at radius 3 is 2.80 bits per heavy atom. The van der Waals surface area contributed by atoms with Crippen LogP contribution in [0.25, 0.3) is 0 Å². The molecule has 0 aromatic heterocycles. The average molecular weight is 274 g/mol. The predicted molar refractivity (Wildman–Crippen MR) is 61.9 cm³/mol. The van der Waals surface area contributed by atoms with Gasteiger partial charge >= 0.3 is 0 Å². The molecule has 0 atom stereocenters. The van der Waals surface area contributed by atoms with Gasteiger partial charge in [0.15, 0.2) is 5.90 Å². The molecule has 0 unspecified atom stereocenters. The van der Waals surface area contributed by atoms with E-state index in [1.807, 2.05) is 6.92 Å². The summed E-state index contributed by atoms with van der Waals surface area (Å²) in [6.45, 7) is 4.13. The maximum Gasteiger partial charge on any atom is 0.184 e. The Kier molecular flexibility index (Phi) is 4.27. The Morgan fingerprint density at radius 2 is 2.20 bits per heavy atom. The molecule has 0 bridgehead atoms. The molecule has 15 heavy (non-hydrogen) atoms. The van der Waals surface area contributed by atoms with Crippen LogP contribution in [0.5, 0.6) is 0 Å². The van der Waals surface area contributed by atoms with E-state index in [-0.39, 0.29) is 18.1 Å². The van der Waals surface area contributed by atoms with Crippen molar-refractivity contribution in [2.45, 2.75) is 20.3 Å². The topological polar surface area (TPSA) is 33.1 Å². The zero-order chi connectivity index (χ0) is 11.4. The molecule has 0 fully saturated rings. The summed E-state index contributed by atoms with van der Waals surface area (Å²) < 4.78 is 19.2. The number of benzene rings is 1. The van der Waals surface area contributed by atoms with Crippen LogP contribution in [0.2, 0.25) is 0 Å². The van der Waals surface area contributed by atoms with E-state index in [4.69, 9.17) is 10.1 Å². The molecule has 0 saturated heterocycles. The number of hydrogen-bond donors (Lipinski definition) is 1. The summed E-state index contributed by atoms with van der Waals surface area (Å²) in [5.41, 5.74) is 1.45. The number of aryl methyl sites for hydroxylation is 1. The highest BCUT2D eigenvalue weighted by molar-refractivity contribution is 9.10. The first-order valence-electron chi connectivity index (χ1n) is 4.69. The lowest BCUT2D eigenvalue weighted by Gasteiger charge is -2.08. The van der Waals surface area contributed by atoms with Crippen molar-refractivity contribution >= 4 is 21.8 Å². The minimum Gasteiger partial charge on any atom is -0.481 e. The fraction of sp³-hybridized carbons (Fsp3) is 0.364. The van der Waals surface area contributed by atoms with E-state index < -0.39 is 0 Å². The van der Waals surface area contributed by atoms with Crippen molar-refractivity contribution in [2.24, 2.45) is 0 Å². The summed E-state index contributed by atoms with van der Waals surface area (Å²) in [6.07, 6.45) is 0.202. The molecule has 0 aliphatic heterocycles. The van der Waals surface area contributed by atoms with Crippen molar-refractivity contribution in [1.82, 2.24) is 0 Å². The lowest BCUT2D eigenvalue weighted by atomic mass is 10.1. The fourth-order valence-electron chi connectivity index (χ4n) is 1.25. The Labute approximate surface area is 97.1 Å². The average Bonchev–Trinajstić information content (AvgIpc) is 2.14. The van der Waals surface area contributed by atoms with E-state index in [2.05, 4.69) is 15.9 Å². The van der Waals surface area contributed by atoms with E-state index in [1.165, 1.54) is 6.07 Å². The van der Waals surface area contributed by atoms with Crippen LogP contribution in [0, 0.1) is 18.2 Å². The van der Waals surface area contributed by atoms with Gasteiger partial charge in [-0.2, -0.15) is 0 Å². The molecule has 0 amide bonds. The van der Waals surface area contributed by atoms with Crippen molar-refractivity contribution < 1.29 is 9.13 Å². The van der Waals surface area contributed by atoms with Gasteiger partial charge in [-0.3, -0.25) is 5.41 Å². The van der Waals surface area contributed by atoms with Crippen molar-refractivity contribution in [3.63, 3.8) is 0 Å². The van der Waals surface area contributed by atoms with Crippen molar-refractivity contribution in [3.05, 3.63) is 33.5 Å². The molecule has 1 N–H and O–H groups in total. The standard InChI is InChI=1S/C11H13BrFNO/c1-3-15-11(14)5-8-4-7(2)9(12)6-10(8)13/h4,6,14H,3,5H2,1-2H3. The van der Waals surface area contributed by atoms with Gasteiger partial charge in [-0.15, -0.1) is 0 Å². The SMILES string of the molecule is CCOC(=N)Cc1cc(C)c(Br)cc1F. The maximum atomic E-state index is 13.4. The van der Waals surface area contributed by atoms with Crippen LogP contribution in [-0.2, 0) is 11.2 Å². The van der Waals surface area contributed by atoms with Crippen molar-refractivity contribution in [1.29, 1.82) is 5.41 Å². The molecule has 82 valence electrons. The molecule has 0 heterocycles. The Bertz CT molecular complexity index is 379. The molecule has 4 heteroatoms. The predicted octanol–water partition coefficient (Wildman–Crippen LogP) is 3.45. The van der Waals surface area contributed by atoms with Gasteiger partial charge in [0.25, 0.3) is 0 Å². The molecule has 0 saturated carbocycles. The Morgan fingerprint density at radius 1 is 1.53 bits per heavy atom. The molecule has 2 nitrogen and oxygen atoms in total. The zero-order valence-electron chi connectivity index (χ0n) is 8.73. The maximum absolute atomic E-state index is 13.4. The van der Waals surface area contributed by atoms with Crippen LogP contribution in [0.3, 0.4) is 0 Å². The number of hydrogen-bond acceptors (Lipinski definition) is 2. The second-order valence-electron chi connectivity index (χ2n) is 3.23. The van der Waals surface area contributed by atoms with Crippen molar-refractivity contribution in [3.8, 4) is 0 Å². The lowest BCUT2D eigenvalue weighted by molar-refractivity contribution is 0.316. The van der Waals surface area contributed by atoms with Gasteiger partial charge < -0.3 is 4.74 Å². The van der Waals surface area contributed by atoms with Gasteiger partial charge in [0.2, 0.25) is 0 Å². The molecule has 0 aliphatic rings. The van der Waals surface area contributed by atoms with E-state index in [0.29, 0.717) is 12.2 Å². The Balaban J connectivity index is 2.86. The van der Waals surface area contributed by atoms with Crippen LogP contribution in [-0.4, -0.2) is 12.5 Å². The van der Waals surface area contributed by atoms with Crippen LogP contribution >= 0.6 is 15.9 Å². The highest BCUT2D eigenvalue weighted by Gasteiger charge is 2.08. The van der Waals surface area contributed by atoms with Gasteiger partial charge in [-0.1, -0.05) is 22.0 Å². The molecule has 0 aliphatic carbocycles. The first-order chi connectivity index (χ1) is 7.04. The zero-order valence-corrected chi connectivity index (χ0v) is 10.3. The fourth-order valence-corrected chi connectivity index (χ4v) is 1.57. The highest BCUT2D eigenvalue weighted by Crippen LogP contribution is 2.21.